The minimum Gasteiger partial charge on any atom is -0.376 e. The molecule has 106 valence electrons. The summed E-state index contributed by atoms with van der Waals surface area (Å²) in [5, 5.41) is 2.37. The highest BCUT2D eigenvalue weighted by Gasteiger charge is 2.26. The van der Waals surface area contributed by atoms with Crippen LogP contribution in [0.5, 0.6) is 0 Å². The Morgan fingerprint density at radius 1 is 1.05 bits per heavy atom. The monoisotopic (exact) mass is 273 g/mol. The van der Waals surface area contributed by atoms with E-state index in [4.69, 9.17) is 0 Å². The Balaban J connectivity index is 1.91. The standard InChI is InChI=1S/C13H18F3N3/c1-18-6-8-19(9-7-18)12-4-2-11(3-5-12)17-10-13(14,15)16/h2-5,17H,6-10H2,1H3. The van der Waals surface area contributed by atoms with Gasteiger partial charge in [0.15, 0.2) is 0 Å². The van der Waals surface area contributed by atoms with Gasteiger partial charge in [-0.3, -0.25) is 0 Å². The van der Waals surface area contributed by atoms with Crippen LogP contribution in [0.25, 0.3) is 0 Å². The SMILES string of the molecule is CN1CCN(c2ccc(NCC(F)(F)F)cc2)CC1. The molecule has 1 aromatic rings. The molecule has 1 aliphatic rings. The number of likely N-dealkylation sites (N-methyl/N-ethyl adjacent to an activating group) is 1. The number of alkyl halides is 3. The fraction of sp³-hybridized carbons (Fsp3) is 0.538. The molecule has 6 heteroatoms. The van der Waals surface area contributed by atoms with Crippen molar-refractivity contribution in [2.45, 2.75) is 6.18 Å². The summed E-state index contributed by atoms with van der Waals surface area (Å²) < 4.78 is 36.2. The van der Waals surface area contributed by atoms with Crippen LogP contribution >= 0.6 is 0 Å². The summed E-state index contributed by atoms with van der Waals surface area (Å²) in [5.41, 5.74) is 1.56. The lowest BCUT2D eigenvalue weighted by molar-refractivity contribution is -0.115. The zero-order valence-corrected chi connectivity index (χ0v) is 10.9. The Morgan fingerprint density at radius 2 is 1.63 bits per heavy atom. The number of nitrogens with one attached hydrogen (secondary N) is 1. The molecule has 1 heterocycles. The maximum absolute atomic E-state index is 12.1. The number of piperazine rings is 1. The highest BCUT2D eigenvalue weighted by atomic mass is 19.4. The first-order valence-corrected chi connectivity index (χ1v) is 6.28. The van der Waals surface area contributed by atoms with Gasteiger partial charge in [0, 0.05) is 37.6 Å². The first-order valence-electron chi connectivity index (χ1n) is 6.28. The van der Waals surface area contributed by atoms with Crippen LogP contribution in [0.3, 0.4) is 0 Å². The first-order chi connectivity index (χ1) is 8.94. The summed E-state index contributed by atoms with van der Waals surface area (Å²) in [7, 11) is 2.08. The van der Waals surface area contributed by atoms with E-state index < -0.39 is 12.7 Å². The Labute approximate surface area is 111 Å². The van der Waals surface area contributed by atoms with Crippen LogP contribution in [0.4, 0.5) is 24.5 Å². The second-order valence-electron chi connectivity index (χ2n) is 4.81. The molecular weight excluding hydrogens is 255 g/mol. The fourth-order valence-electron chi connectivity index (χ4n) is 2.06. The normalized spacial score (nSPS) is 17.6. The Morgan fingerprint density at radius 3 is 2.16 bits per heavy atom. The number of nitrogens with zero attached hydrogens (tertiary/aromatic N) is 2. The number of hydrogen-bond acceptors (Lipinski definition) is 3. The van der Waals surface area contributed by atoms with Crippen molar-refractivity contribution in [3.05, 3.63) is 24.3 Å². The molecule has 1 aliphatic heterocycles. The van der Waals surface area contributed by atoms with Crippen molar-refractivity contribution in [1.82, 2.24) is 4.90 Å². The third kappa shape index (κ3) is 4.31. The predicted molar refractivity (Wildman–Crippen MR) is 70.7 cm³/mol. The van der Waals surface area contributed by atoms with Crippen molar-refractivity contribution in [3.63, 3.8) is 0 Å². The molecule has 0 radical (unpaired) electrons. The maximum atomic E-state index is 12.1. The van der Waals surface area contributed by atoms with Gasteiger partial charge in [-0.05, 0) is 31.3 Å². The summed E-state index contributed by atoms with van der Waals surface area (Å²) in [6.07, 6.45) is -4.18. The molecular formula is C13H18F3N3. The second kappa shape index (κ2) is 5.69. The highest BCUT2D eigenvalue weighted by molar-refractivity contribution is 5.55. The maximum Gasteiger partial charge on any atom is 0.405 e. The van der Waals surface area contributed by atoms with Crippen molar-refractivity contribution in [3.8, 4) is 0 Å². The lowest BCUT2D eigenvalue weighted by Gasteiger charge is -2.34. The van der Waals surface area contributed by atoms with Gasteiger partial charge in [0.2, 0.25) is 0 Å². The average Bonchev–Trinajstić information content (AvgIpc) is 2.37. The van der Waals surface area contributed by atoms with Gasteiger partial charge in [0.1, 0.15) is 6.54 Å². The second-order valence-corrected chi connectivity index (χ2v) is 4.81. The van der Waals surface area contributed by atoms with Crippen molar-refractivity contribution in [2.75, 3.05) is 50.0 Å². The number of benzene rings is 1. The number of hydrogen-bond donors (Lipinski definition) is 1. The van der Waals surface area contributed by atoms with Gasteiger partial charge in [0.25, 0.3) is 0 Å². The minimum absolute atomic E-state index is 0.496. The molecule has 0 aromatic heterocycles. The van der Waals surface area contributed by atoms with Crippen LogP contribution in [0.1, 0.15) is 0 Å². The average molecular weight is 273 g/mol. The van der Waals surface area contributed by atoms with E-state index in [0.717, 1.165) is 31.9 Å². The molecule has 1 aromatic carbocycles. The van der Waals surface area contributed by atoms with Gasteiger partial charge < -0.3 is 15.1 Å². The Hall–Kier alpha value is -1.43. The van der Waals surface area contributed by atoms with E-state index in [-0.39, 0.29) is 0 Å². The smallest absolute Gasteiger partial charge is 0.376 e. The molecule has 0 atom stereocenters. The highest BCUT2D eigenvalue weighted by Crippen LogP contribution is 2.21. The summed E-state index contributed by atoms with van der Waals surface area (Å²) in [6, 6.07) is 7.12. The molecule has 1 N–H and O–H groups in total. The summed E-state index contributed by atoms with van der Waals surface area (Å²) in [6.45, 7) is 2.92. The first kappa shape index (κ1) is 14.0. The van der Waals surface area contributed by atoms with Crippen molar-refractivity contribution in [1.29, 1.82) is 0 Å². The molecule has 0 bridgehead atoms. The molecule has 0 unspecified atom stereocenters. The van der Waals surface area contributed by atoms with Crippen LogP contribution in [0, 0.1) is 0 Å². The van der Waals surface area contributed by atoms with Gasteiger partial charge >= 0.3 is 6.18 Å². The molecule has 0 saturated carbocycles. The van der Waals surface area contributed by atoms with Crippen molar-refractivity contribution in [2.24, 2.45) is 0 Å². The lowest BCUT2D eigenvalue weighted by atomic mass is 10.2. The summed E-state index contributed by atoms with van der Waals surface area (Å²) in [4.78, 5) is 4.50. The van der Waals surface area contributed by atoms with Crippen molar-refractivity contribution < 1.29 is 13.2 Å². The van der Waals surface area contributed by atoms with Crippen LogP contribution in [-0.2, 0) is 0 Å². The fourth-order valence-corrected chi connectivity index (χ4v) is 2.06. The van der Waals surface area contributed by atoms with Crippen LogP contribution in [-0.4, -0.2) is 50.8 Å². The van der Waals surface area contributed by atoms with E-state index in [9.17, 15) is 13.2 Å². The molecule has 0 spiro atoms. The molecule has 3 nitrogen and oxygen atoms in total. The molecule has 1 saturated heterocycles. The molecule has 0 amide bonds. The zero-order valence-electron chi connectivity index (χ0n) is 10.9. The van der Waals surface area contributed by atoms with E-state index in [0.29, 0.717) is 5.69 Å². The Bertz CT molecular complexity index is 395. The van der Waals surface area contributed by atoms with Gasteiger partial charge in [-0.15, -0.1) is 0 Å². The summed E-state index contributed by atoms with van der Waals surface area (Å²) in [5.74, 6) is 0. The molecule has 1 fully saturated rings. The topological polar surface area (TPSA) is 18.5 Å². The molecule has 0 aliphatic carbocycles. The lowest BCUT2D eigenvalue weighted by Crippen LogP contribution is -2.44. The largest absolute Gasteiger partial charge is 0.405 e. The van der Waals surface area contributed by atoms with E-state index >= 15 is 0 Å². The van der Waals surface area contributed by atoms with E-state index in [1.807, 2.05) is 12.1 Å². The number of anilines is 2. The quantitative estimate of drug-likeness (QED) is 0.912. The third-order valence-corrected chi connectivity index (χ3v) is 3.23. The van der Waals surface area contributed by atoms with Crippen LogP contribution in [0.2, 0.25) is 0 Å². The number of rotatable bonds is 3. The predicted octanol–water partition coefficient (Wildman–Crippen LogP) is 2.41. The third-order valence-electron chi connectivity index (χ3n) is 3.23. The van der Waals surface area contributed by atoms with Crippen LogP contribution in [0.15, 0.2) is 24.3 Å². The van der Waals surface area contributed by atoms with Crippen molar-refractivity contribution >= 4 is 11.4 Å². The summed E-state index contributed by atoms with van der Waals surface area (Å²) >= 11 is 0. The molecule has 2 rings (SSSR count). The number of halogens is 3. The Kier molecular flexibility index (Phi) is 4.19. The van der Waals surface area contributed by atoms with Gasteiger partial charge in [-0.1, -0.05) is 0 Å². The molecule has 19 heavy (non-hydrogen) atoms. The van der Waals surface area contributed by atoms with Crippen LogP contribution < -0.4 is 10.2 Å². The minimum atomic E-state index is -4.18. The van der Waals surface area contributed by atoms with E-state index in [2.05, 4.69) is 22.2 Å². The van der Waals surface area contributed by atoms with E-state index in [1.54, 1.807) is 12.1 Å². The van der Waals surface area contributed by atoms with Gasteiger partial charge in [-0.25, -0.2) is 0 Å². The van der Waals surface area contributed by atoms with E-state index in [1.165, 1.54) is 0 Å². The van der Waals surface area contributed by atoms with Gasteiger partial charge in [-0.2, -0.15) is 13.2 Å². The van der Waals surface area contributed by atoms with Gasteiger partial charge in [0.05, 0.1) is 0 Å². The zero-order chi connectivity index (χ0) is 13.9.